The standard InChI is InChI=1S/C14H28N2O2/c1-5-6-7-8-9-10-12(17)15-11-13(18)16-14(2,3)4/h5-11H2,1-4H3,(H,15,17)(H,16,18). The number of carbonyl (C=O) groups excluding carboxylic acids is 2. The third kappa shape index (κ3) is 11.4. The summed E-state index contributed by atoms with van der Waals surface area (Å²) < 4.78 is 0. The van der Waals surface area contributed by atoms with Crippen LogP contribution in [-0.2, 0) is 9.59 Å². The van der Waals surface area contributed by atoms with Gasteiger partial charge in [0.25, 0.3) is 0 Å². The molecule has 2 amide bonds. The Labute approximate surface area is 111 Å². The van der Waals surface area contributed by atoms with E-state index < -0.39 is 0 Å². The third-order valence-corrected chi connectivity index (χ3v) is 2.47. The molecule has 0 aromatic carbocycles. The highest BCUT2D eigenvalue weighted by molar-refractivity contribution is 5.84. The normalized spacial score (nSPS) is 11.1. The lowest BCUT2D eigenvalue weighted by Gasteiger charge is -2.20. The van der Waals surface area contributed by atoms with Gasteiger partial charge in [0.05, 0.1) is 6.54 Å². The maximum Gasteiger partial charge on any atom is 0.239 e. The van der Waals surface area contributed by atoms with Crippen LogP contribution in [0, 0.1) is 0 Å². The molecule has 0 fully saturated rings. The van der Waals surface area contributed by atoms with Gasteiger partial charge in [-0.1, -0.05) is 32.6 Å². The summed E-state index contributed by atoms with van der Waals surface area (Å²) in [6, 6.07) is 0. The maximum atomic E-state index is 11.5. The Morgan fingerprint density at radius 1 is 0.944 bits per heavy atom. The molecule has 4 heteroatoms. The number of hydrogen-bond acceptors (Lipinski definition) is 2. The van der Waals surface area contributed by atoms with Crippen molar-refractivity contribution in [3.8, 4) is 0 Å². The van der Waals surface area contributed by atoms with Crippen molar-refractivity contribution >= 4 is 11.8 Å². The van der Waals surface area contributed by atoms with E-state index in [1.807, 2.05) is 20.8 Å². The van der Waals surface area contributed by atoms with E-state index in [9.17, 15) is 9.59 Å². The molecule has 4 nitrogen and oxygen atoms in total. The van der Waals surface area contributed by atoms with Gasteiger partial charge < -0.3 is 10.6 Å². The van der Waals surface area contributed by atoms with E-state index in [0.717, 1.165) is 12.8 Å². The zero-order chi connectivity index (χ0) is 14.0. The molecule has 0 rings (SSSR count). The molecule has 18 heavy (non-hydrogen) atoms. The minimum absolute atomic E-state index is 0.0319. The van der Waals surface area contributed by atoms with Crippen LogP contribution < -0.4 is 10.6 Å². The zero-order valence-electron chi connectivity index (χ0n) is 12.3. The van der Waals surface area contributed by atoms with Gasteiger partial charge in [0.1, 0.15) is 0 Å². The second kappa shape index (κ2) is 8.95. The molecule has 0 saturated carbocycles. The average molecular weight is 256 g/mol. The molecule has 0 bridgehead atoms. The summed E-state index contributed by atoms with van der Waals surface area (Å²) >= 11 is 0. The van der Waals surface area contributed by atoms with E-state index in [4.69, 9.17) is 0 Å². The first-order valence-corrected chi connectivity index (χ1v) is 6.93. The number of unbranched alkanes of at least 4 members (excludes halogenated alkanes) is 4. The van der Waals surface area contributed by atoms with Gasteiger partial charge in [-0.15, -0.1) is 0 Å². The molecule has 0 aliphatic carbocycles. The first kappa shape index (κ1) is 16.9. The van der Waals surface area contributed by atoms with Gasteiger partial charge in [-0.3, -0.25) is 9.59 Å². The van der Waals surface area contributed by atoms with Crippen molar-refractivity contribution in [3.05, 3.63) is 0 Å². The van der Waals surface area contributed by atoms with Crippen LogP contribution in [0.4, 0.5) is 0 Å². The molecule has 0 atom stereocenters. The summed E-state index contributed by atoms with van der Waals surface area (Å²) in [4.78, 5) is 22.9. The molecule has 0 aliphatic rings. The Balaban J connectivity index is 3.55. The predicted molar refractivity (Wildman–Crippen MR) is 74.3 cm³/mol. The summed E-state index contributed by atoms with van der Waals surface area (Å²) in [5.41, 5.74) is -0.248. The number of nitrogens with one attached hydrogen (secondary N) is 2. The van der Waals surface area contributed by atoms with Crippen molar-refractivity contribution in [1.82, 2.24) is 10.6 Å². The van der Waals surface area contributed by atoms with E-state index in [2.05, 4.69) is 17.6 Å². The Morgan fingerprint density at radius 2 is 1.56 bits per heavy atom. The van der Waals surface area contributed by atoms with Crippen molar-refractivity contribution in [2.45, 2.75) is 71.8 Å². The van der Waals surface area contributed by atoms with Crippen molar-refractivity contribution in [2.75, 3.05) is 6.54 Å². The molecule has 0 spiro atoms. The summed E-state index contributed by atoms with van der Waals surface area (Å²) in [7, 11) is 0. The molecule has 0 heterocycles. The minimum Gasteiger partial charge on any atom is -0.350 e. The average Bonchev–Trinajstić information content (AvgIpc) is 2.24. The Kier molecular flexibility index (Phi) is 8.42. The van der Waals surface area contributed by atoms with E-state index in [0.29, 0.717) is 6.42 Å². The van der Waals surface area contributed by atoms with Crippen molar-refractivity contribution in [3.63, 3.8) is 0 Å². The highest BCUT2D eigenvalue weighted by Gasteiger charge is 2.13. The first-order valence-electron chi connectivity index (χ1n) is 6.93. The molecule has 0 unspecified atom stereocenters. The lowest BCUT2D eigenvalue weighted by molar-refractivity contribution is -0.126. The lowest BCUT2D eigenvalue weighted by Crippen LogP contribution is -2.45. The van der Waals surface area contributed by atoms with E-state index in [1.54, 1.807) is 0 Å². The van der Waals surface area contributed by atoms with Gasteiger partial charge >= 0.3 is 0 Å². The minimum atomic E-state index is -0.248. The van der Waals surface area contributed by atoms with Gasteiger partial charge in [0.15, 0.2) is 0 Å². The van der Waals surface area contributed by atoms with Crippen molar-refractivity contribution in [1.29, 1.82) is 0 Å². The van der Waals surface area contributed by atoms with Gasteiger partial charge in [0, 0.05) is 12.0 Å². The van der Waals surface area contributed by atoms with Crippen LogP contribution in [0.25, 0.3) is 0 Å². The number of rotatable bonds is 8. The number of carbonyl (C=O) groups is 2. The highest BCUT2D eigenvalue weighted by atomic mass is 16.2. The number of amides is 2. The van der Waals surface area contributed by atoms with E-state index in [1.165, 1.54) is 19.3 Å². The molecule has 0 saturated heterocycles. The van der Waals surface area contributed by atoms with Crippen LogP contribution >= 0.6 is 0 Å². The van der Waals surface area contributed by atoms with Crippen LogP contribution in [-0.4, -0.2) is 23.9 Å². The summed E-state index contributed by atoms with van der Waals surface area (Å²) in [5, 5.41) is 5.45. The SMILES string of the molecule is CCCCCCCC(=O)NCC(=O)NC(C)(C)C. The van der Waals surface area contributed by atoms with Gasteiger partial charge in [-0.2, -0.15) is 0 Å². The highest BCUT2D eigenvalue weighted by Crippen LogP contribution is 2.04. The largest absolute Gasteiger partial charge is 0.350 e. The smallest absolute Gasteiger partial charge is 0.239 e. The van der Waals surface area contributed by atoms with Crippen LogP contribution in [0.5, 0.6) is 0 Å². The van der Waals surface area contributed by atoms with Crippen LogP contribution in [0.2, 0.25) is 0 Å². The van der Waals surface area contributed by atoms with Crippen molar-refractivity contribution < 1.29 is 9.59 Å². The Hall–Kier alpha value is -1.06. The molecular weight excluding hydrogens is 228 g/mol. The van der Waals surface area contributed by atoms with Gasteiger partial charge in [-0.05, 0) is 27.2 Å². The third-order valence-electron chi connectivity index (χ3n) is 2.47. The van der Waals surface area contributed by atoms with E-state index >= 15 is 0 Å². The molecule has 106 valence electrons. The quantitative estimate of drug-likeness (QED) is 0.655. The maximum absolute atomic E-state index is 11.5. The number of hydrogen-bond donors (Lipinski definition) is 2. The first-order chi connectivity index (χ1) is 8.35. The molecule has 2 N–H and O–H groups in total. The fourth-order valence-corrected chi connectivity index (χ4v) is 1.62. The topological polar surface area (TPSA) is 58.2 Å². The van der Waals surface area contributed by atoms with Crippen LogP contribution in [0.15, 0.2) is 0 Å². The van der Waals surface area contributed by atoms with Crippen LogP contribution in [0.3, 0.4) is 0 Å². The van der Waals surface area contributed by atoms with Gasteiger partial charge in [0.2, 0.25) is 11.8 Å². The second-order valence-corrected chi connectivity index (χ2v) is 5.74. The zero-order valence-corrected chi connectivity index (χ0v) is 12.3. The molecule has 0 aromatic heterocycles. The molecular formula is C14H28N2O2. The fraction of sp³-hybridized carbons (Fsp3) is 0.857. The summed E-state index contributed by atoms with van der Waals surface area (Å²) in [5.74, 6) is -0.169. The predicted octanol–water partition coefficient (Wildman–Crippen LogP) is 2.38. The molecule has 0 radical (unpaired) electrons. The fourth-order valence-electron chi connectivity index (χ4n) is 1.62. The van der Waals surface area contributed by atoms with E-state index in [-0.39, 0.29) is 23.9 Å². The molecule has 0 aromatic rings. The summed E-state index contributed by atoms with van der Waals surface area (Å²) in [6.45, 7) is 7.99. The second-order valence-electron chi connectivity index (χ2n) is 5.74. The lowest BCUT2D eigenvalue weighted by atomic mass is 10.1. The van der Waals surface area contributed by atoms with Crippen molar-refractivity contribution in [2.24, 2.45) is 0 Å². The Morgan fingerprint density at radius 3 is 2.11 bits per heavy atom. The monoisotopic (exact) mass is 256 g/mol. The van der Waals surface area contributed by atoms with Gasteiger partial charge in [-0.25, -0.2) is 0 Å². The Bertz CT molecular complexity index is 257. The van der Waals surface area contributed by atoms with Crippen LogP contribution in [0.1, 0.15) is 66.2 Å². The molecule has 0 aliphatic heterocycles. The summed E-state index contributed by atoms with van der Waals surface area (Å²) in [6.07, 6.45) is 6.15.